The molecule has 0 bridgehead atoms. The first kappa shape index (κ1) is 8.94. The fourth-order valence-corrected chi connectivity index (χ4v) is 1.32. The average molecular weight is 188 g/mol. The number of pyridine rings is 1. The molecule has 0 aliphatic heterocycles. The maximum Gasteiger partial charge on any atom is 0.250 e. The van der Waals surface area contributed by atoms with E-state index in [0.29, 0.717) is 6.04 Å². The van der Waals surface area contributed by atoms with Crippen molar-refractivity contribution >= 4 is 0 Å². The Morgan fingerprint density at radius 2 is 2.21 bits per heavy atom. The quantitative estimate of drug-likeness (QED) is 0.658. The Morgan fingerprint density at radius 3 is 2.79 bits per heavy atom. The second-order valence-corrected chi connectivity index (χ2v) is 3.55. The van der Waals surface area contributed by atoms with E-state index < -0.39 is 0 Å². The third kappa shape index (κ3) is 1.66. The van der Waals surface area contributed by atoms with Gasteiger partial charge in [-0.1, -0.05) is 6.07 Å². The lowest BCUT2D eigenvalue weighted by atomic mass is 10.4. The zero-order valence-corrected chi connectivity index (χ0v) is 8.46. The molecule has 3 heteroatoms. The topological polar surface area (TPSA) is 21.7 Å². The average Bonchev–Trinajstić information content (AvgIpc) is 2.68. The van der Waals surface area contributed by atoms with E-state index in [9.17, 15) is 0 Å². The van der Waals surface area contributed by atoms with Crippen molar-refractivity contribution in [3.8, 4) is 5.82 Å². The van der Waals surface area contributed by atoms with Crippen molar-refractivity contribution in [2.24, 2.45) is 0 Å². The minimum Gasteiger partial charge on any atom is -0.234 e. The minimum absolute atomic E-state index is 0.486. The van der Waals surface area contributed by atoms with Crippen LogP contribution in [0.25, 0.3) is 5.82 Å². The summed E-state index contributed by atoms with van der Waals surface area (Å²) in [7, 11) is 0. The molecule has 2 aromatic heterocycles. The Morgan fingerprint density at radius 1 is 1.36 bits per heavy atom. The molecule has 14 heavy (non-hydrogen) atoms. The second-order valence-electron chi connectivity index (χ2n) is 3.55. The van der Waals surface area contributed by atoms with Crippen LogP contribution in [-0.4, -0.2) is 9.55 Å². The van der Waals surface area contributed by atoms with Crippen LogP contribution in [0.15, 0.2) is 43.1 Å². The third-order valence-electron chi connectivity index (χ3n) is 2.17. The van der Waals surface area contributed by atoms with Gasteiger partial charge in [0.05, 0.1) is 6.04 Å². The summed E-state index contributed by atoms with van der Waals surface area (Å²) in [5.41, 5.74) is 0. The molecule has 3 nitrogen and oxygen atoms in total. The van der Waals surface area contributed by atoms with E-state index in [1.54, 1.807) is 6.20 Å². The Labute approximate surface area is 83.7 Å². The molecule has 0 aliphatic carbocycles. The zero-order valence-electron chi connectivity index (χ0n) is 8.46. The number of aromatic nitrogens is 3. The summed E-state index contributed by atoms with van der Waals surface area (Å²) in [5.74, 6) is 0.951. The number of hydrogen-bond acceptors (Lipinski definition) is 1. The Hall–Kier alpha value is -1.64. The molecule has 72 valence electrons. The van der Waals surface area contributed by atoms with E-state index in [1.807, 2.05) is 35.3 Å². The van der Waals surface area contributed by atoms with E-state index in [4.69, 9.17) is 0 Å². The first-order valence-electron chi connectivity index (χ1n) is 4.77. The molecule has 0 fully saturated rings. The maximum atomic E-state index is 4.27. The highest BCUT2D eigenvalue weighted by Gasteiger charge is 2.08. The number of hydrogen-bond donors (Lipinski definition) is 0. The summed E-state index contributed by atoms with van der Waals surface area (Å²) in [6.45, 7) is 4.31. The molecular weight excluding hydrogens is 174 g/mol. The molecule has 0 aliphatic rings. The van der Waals surface area contributed by atoms with Crippen molar-refractivity contribution in [3.63, 3.8) is 0 Å². The van der Waals surface area contributed by atoms with E-state index in [-0.39, 0.29) is 0 Å². The van der Waals surface area contributed by atoms with Gasteiger partial charge in [0.1, 0.15) is 12.4 Å². The van der Waals surface area contributed by atoms with Crippen LogP contribution in [-0.2, 0) is 0 Å². The van der Waals surface area contributed by atoms with Gasteiger partial charge in [0.25, 0.3) is 0 Å². The summed E-state index contributed by atoms with van der Waals surface area (Å²) >= 11 is 0. The standard InChI is InChI=1S/C11H14N3/c1-10(2)13-7-8-14(9-13)11-5-3-4-6-12-11/h3-10H,1-2H3/q+1. The van der Waals surface area contributed by atoms with Crippen molar-refractivity contribution in [1.82, 2.24) is 9.55 Å². The van der Waals surface area contributed by atoms with E-state index in [0.717, 1.165) is 5.82 Å². The monoisotopic (exact) mass is 188 g/mol. The fourth-order valence-electron chi connectivity index (χ4n) is 1.32. The molecule has 2 aromatic rings. The van der Waals surface area contributed by atoms with Crippen LogP contribution < -0.4 is 4.57 Å². The van der Waals surface area contributed by atoms with Crippen molar-refractivity contribution < 1.29 is 4.57 Å². The van der Waals surface area contributed by atoms with Crippen molar-refractivity contribution in [1.29, 1.82) is 0 Å². The summed E-state index contributed by atoms with van der Waals surface area (Å²) in [6, 6.07) is 6.39. The van der Waals surface area contributed by atoms with Gasteiger partial charge in [-0.2, -0.15) is 4.57 Å². The normalized spacial score (nSPS) is 10.8. The van der Waals surface area contributed by atoms with Crippen LogP contribution in [0, 0.1) is 0 Å². The summed E-state index contributed by atoms with van der Waals surface area (Å²) in [5, 5.41) is 0. The highest BCUT2D eigenvalue weighted by Crippen LogP contribution is 2.01. The first-order valence-corrected chi connectivity index (χ1v) is 4.77. The first-order chi connectivity index (χ1) is 6.77. The van der Waals surface area contributed by atoms with Gasteiger partial charge in [-0.3, -0.25) is 0 Å². The SMILES string of the molecule is CC(C)[n+]1ccn(-c2ccccn2)c1. The van der Waals surface area contributed by atoms with Gasteiger partial charge in [0.15, 0.2) is 0 Å². The van der Waals surface area contributed by atoms with Gasteiger partial charge in [-0.25, -0.2) is 9.55 Å². The van der Waals surface area contributed by atoms with Crippen molar-refractivity contribution in [2.45, 2.75) is 19.9 Å². The van der Waals surface area contributed by atoms with Crippen molar-refractivity contribution in [2.75, 3.05) is 0 Å². The lowest BCUT2D eigenvalue weighted by Gasteiger charge is -1.97. The molecule has 0 aromatic carbocycles. The molecule has 0 radical (unpaired) electrons. The summed E-state index contributed by atoms with van der Waals surface area (Å²) in [6.07, 6.45) is 7.92. The molecular formula is C11H14N3+. The van der Waals surface area contributed by atoms with Crippen LogP contribution in [0.2, 0.25) is 0 Å². The van der Waals surface area contributed by atoms with Crippen LogP contribution in [0.5, 0.6) is 0 Å². The van der Waals surface area contributed by atoms with E-state index in [2.05, 4.69) is 29.6 Å². The largest absolute Gasteiger partial charge is 0.250 e. The molecule has 0 unspecified atom stereocenters. The molecule has 0 saturated heterocycles. The molecule has 0 N–H and O–H groups in total. The lowest BCUT2D eigenvalue weighted by Crippen LogP contribution is -2.33. The summed E-state index contributed by atoms with van der Waals surface area (Å²) < 4.78 is 4.16. The number of nitrogens with zero attached hydrogens (tertiary/aromatic N) is 3. The number of imidazole rings is 1. The Kier molecular flexibility index (Phi) is 2.31. The predicted molar refractivity (Wildman–Crippen MR) is 54.1 cm³/mol. The second kappa shape index (κ2) is 3.62. The van der Waals surface area contributed by atoms with Crippen LogP contribution >= 0.6 is 0 Å². The van der Waals surface area contributed by atoms with Gasteiger partial charge >= 0.3 is 0 Å². The molecule has 0 saturated carbocycles. The molecule has 0 atom stereocenters. The maximum absolute atomic E-state index is 4.27. The highest BCUT2D eigenvalue weighted by atomic mass is 15.2. The van der Waals surface area contributed by atoms with Crippen molar-refractivity contribution in [3.05, 3.63) is 43.1 Å². The molecule has 2 heterocycles. The van der Waals surface area contributed by atoms with Crippen LogP contribution in [0.1, 0.15) is 19.9 Å². The van der Waals surface area contributed by atoms with Gasteiger partial charge in [0, 0.05) is 12.3 Å². The minimum atomic E-state index is 0.486. The smallest absolute Gasteiger partial charge is 0.234 e. The lowest BCUT2D eigenvalue weighted by molar-refractivity contribution is -0.715. The van der Waals surface area contributed by atoms with Gasteiger partial charge < -0.3 is 0 Å². The Bertz CT molecular complexity index is 403. The van der Waals surface area contributed by atoms with Gasteiger partial charge in [-0.05, 0) is 19.9 Å². The van der Waals surface area contributed by atoms with Gasteiger partial charge in [0.2, 0.25) is 12.1 Å². The van der Waals surface area contributed by atoms with E-state index in [1.165, 1.54) is 0 Å². The van der Waals surface area contributed by atoms with Crippen LogP contribution in [0.3, 0.4) is 0 Å². The zero-order chi connectivity index (χ0) is 9.97. The third-order valence-corrected chi connectivity index (χ3v) is 2.17. The molecule has 0 spiro atoms. The van der Waals surface area contributed by atoms with Gasteiger partial charge in [-0.15, -0.1) is 0 Å². The summed E-state index contributed by atoms with van der Waals surface area (Å²) in [4.78, 5) is 4.27. The van der Waals surface area contributed by atoms with Crippen LogP contribution in [0.4, 0.5) is 0 Å². The fraction of sp³-hybridized carbons (Fsp3) is 0.273. The Balaban J connectivity index is 2.34. The van der Waals surface area contributed by atoms with E-state index >= 15 is 0 Å². The molecule has 2 rings (SSSR count). The predicted octanol–water partition coefficient (Wildman–Crippen LogP) is 1.74. The number of rotatable bonds is 2. The highest BCUT2D eigenvalue weighted by molar-refractivity contribution is 5.19. The molecule has 0 amide bonds.